The van der Waals surface area contributed by atoms with Crippen LogP contribution >= 0.6 is 11.6 Å². The van der Waals surface area contributed by atoms with E-state index >= 15 is 0 Å². The fourth-order valence-corrected chi connectivity index (χ4v) is 3.04. The average Bonchev–Trinajstić information content (AvgIpc) is 2.52. The van der Waals surface area contributed by atoms with Crippen molar-refractivity contribution in [2.45, 2.75) is 16.6 Å². The van der Waals surface area contributed by atoms with Crippen molar-refractivity contribution in [1.82, 2.24) is 4.31 Å². The van der Waals surface area contributed by atoms with Crippen molar-refractivity contribution in [3.63, 3.8) is 0 Å². The van der Waals surface area contributed by atoms with Gasteiger partial charge in [0.15, 0.2) is 0 Å². The standard InChI is InChI=1S/C10H8ClF3N2O3S/c1-16-8(15)7-5(19-10(13,14)9(11)12)3-2-4-6(7)20(16,17)18/h2-4,9,15H,1H3. The van der Waals surface area contributed by atoms with Crippen molar-refractivity contribution >= 4 is 27.5 Å². The summed E-state index contributed by atoms with van der Waals surface area (Å²) >= 11 is 4.67. The lowest BCUT2D eigenvalue weighted by molar-refractivity contribution is -0.199. The molecule has 1 N–H and O–H groups in total. The van der Waals surface area contributed by atoms with Gasteiger partial charge in [-0.3, -0.25) is 9.71 Å². The van der Waals surface area contributed by atoms with Crippen LogP contribution in [0.2, 0.25) is 0 Å². The zero-order valence-corrected chi connectivity index (χ0v) is 11.5. The molecular weight excluding hydrogens is 321 g/mol. The molecule has 0 aromatic heterocycles. The molecule has 0 saturated heterocycles. The van der Waals surface area contributed by atoms with Gasteiger partial charge in [-0.15, -0.1) is 0 Å². The van der Waals surface area contributed by atoms with Gasteiger partial charge >= 0.3 is 6.11 Å². The third-order valence-electron chi connectivity index (χ3n) is 2.68. The topological polar surface area (TPSA) is 70.5 Å². The summed E-state index contributed by atoms with van der Waals surface area (Å²) in [6, 6.07) is 3.30. The van der Waals surface area contributed by atoms with Crippen molar-refractivity contribution in [1.29, 1.82) is 5.41 Å². The highest BCUT2D eigenvalue weighted by molar-refractivity contribution is 7.90. The smallest absolute Gasteiger partial charge is 0.429 e. The Hall–Kier alpha value is -1.48. The maximum Gasteiger partial charge on any atom is 0.444 e. The van der Waals surface area contributed by atoms with Crippen molar-refractivity contribution < 1.29 is 26.3 Å². The summed E-state index contributed by atoms with van der Waals surface area (Å²) in [5, 5.41) is 7.64. The Balaban J connectivity index is 2.57. The van der Waals surface area contributed by atoms with Crippen LogP contribution in [0.4, 0.5) is 13.2 Å². The molecular formula is C10H8ClF3N2O3S. The number of rotatable bonds is 3. The van der Waals surface area contributed by atoms with E-state index in [9.17, 15) is 21.6 Å². The van der Waals surface area contributed by atoms with Gasteiger partial charge in [-0.05, 0) is 12.1 Å². The lowest BCUT2D eigenvalue weighted by Gasteiger charge is -2.19. The van der Waals surface area contributed by atoms with Crippen molar-refractivity contribution in [3.8, 4) is 5.75 Å². The summed E-state index contributed by atoms with van der Waals surface area (Å²) in [5.41, 5.74) is -3.46. The number of halogens is 4. The van der Waals surface area contributed by atoms with Gasteiger partial charge in [0.2, 0.25) is 0 Å². The normalized spacial score (nSPS) is 18.9. The fraction of sp³-hybridized carbons (Fsp3) is 0.300. The molecule has 0 fully saturated rings. The number of nitrogens with one attached hydrogen (secondary N) is 1. The maximum absolute atomic E-state index is 13.2. The Morgan fingerprint density at radius 1 is 1.45 bits per heavy atom. The Bertz CT molecular complexity index is 678. The Labute approximate surface area is 117 Å². The molecule has 0 radical (unpaired) electrons. The van der Waals surface area contributed by atoms with Crippen LogP contribution in [0.1, 0.15) is 5.56 Å². The molecule has 1 aromatic rings. The average molecular weight is 329 g/mol. The van der Waals surface area contributed by atoms with E-state index in [-0.39, 0.29) is 10.5 Å². The Morgan fingerprint density at radius 3 is 2.60 bits per heavy atom. The van der Waals surface area contributed by atoms with Gasteiger partial charge in [0, 0.05) is 7.05 Å². The minimum atomic E-state index is -4.35. The van der Waals surface area contributed by atoms with E-state index in [2.05, 4.69) is 16.3 Å². The molecule has 1 unspecified atom stereocenters. The molecule has 0 bridgehead atoms. The number of hydrogen-bond donors (Lipinski definition) is 1. The highest BCUT2D eigenvalue weighted by atomic mass is 35.5. The molecule has 2 rings (SSSR count). The molecule has 0 amide bonds. The number of nitrogens with zero attached hydrogens (tertiary/aromatic N) is 1. The number of fused-ring (bicyclic) bond motifs is 1. The number of alkyl halides is 4. The van der Waals surface area contributed by atoms with Crippen molar-refractivity contribution in [2.75, 3.05) is 7.05 Å². The molecule has 10 heteroatoms. The van der Waals surface area contributed by atoms with Gasteiger partial charge in [-0.2, -0.15) is 8.78 Å². The fourth-order valence-electron chi connectivity index (χ4n) is 1.66. The van der Waals surface area contributed by atoms with Gasteiger partial charge < -0.3 is 4.74 Å². The molecule has 20 heavy (non-hydrogen) atoms. The molecule has 1 heterocycles. The monoisotopic (exact) mass is 328 g/mol. The van der Waals surface area contributed by atoms with E-state index in [4.69, 9.17) is 5.41 Å². The Morgan fingerprint density at radius 2 is 2.05 bits per heavy atom. The van der Waals surface area contributed by atoms with Gasteiger partial charge in [0.05, 0.1) is 5.56 Å². The van der Waals surface area contributed by atoms with Crippen molar-refractivity contribution in [2.24, 2.45) is 0 Å². The van der Waals surface area contributed by atoms with Gasteiger partial charge in [0.1, 0.15) is 16.5 Å². The maximum atomic E-state index is 13.2. The third kappa shape index (κ3) is 2.10. The van der Waals surface area contributed by atoms with E-state index in [0.717, 1.165) is 25.2 Å². The summed E-state index contributed by atoms with van der Waals surface area (Å²) in [7, 11) is -2.88. The first kappa shape index (κ1) is 14.9. The molecule has 0 saturated carbocycles. The Kier molecular flexibility index (Phi) is 3.37. The lowest BCUT2D eigenvalue weighted by Crippen LogP contribution is -2.33. The van der Waals surface area contributed by atoms with E-state index in [0.29, 0.717) is 4.31 Å². The summed E-state index contributed by atoms with van der Waals surface area (Å²) in [6.07, 6.45) is -4.35. The molecule has 5 nitrogen and oxygen atoms in total. The summed E-state index contributed by atoms with van der Waals surface area (Å²) in [6.45, 7) is 0. The zero-order valence-electron chi connectivity index (χ0n) is 9.90. The second-order valence-corrected chi connectivity index (χ2v) is 6.24. The molecule has 0 aliphatic carbocycles. The number of ether oxygens (including phenoxy) is 1. The lowest BCUT2D eigenvalue weighted by atomic mass is 10.2. The van der Waals surface area contributed by atoms with Crippen LogP contribution in [0.3, 0.4) is 0 Å². The highest BCUT2D eigenvalue weighted by Crippen LogP contribution is 2.38. The molecule has 0 spiro atoms. The molecule has 1 atom stereocenters. The van der Waals surface area contributed by atoms with Gasteiger partial charge in [-0.1, -0.05) is 17.7 Å². The second kappa shape index (κ2) is 4.52. The number of hydrogen-bond acceptors (Lipinski definition) is 4. The summed E-state index contributed by atoms with van der Waals surface area (Å²) in [5.74, 6) is -1.18. The first-order valence-corrected chi connectivity index (χ1v) is 7.02. The minimum absolute atomic E-state index is 0.355. The number of amidine groups is 1. The largest absolute Gasteiger partial charge is 0.444 e. The SMILES string of the molecule is CN1C(=N)c2c(OC(F)(F)C(F)Cl)cccc2S1(=O)=O. The minimum Gasteiger partial charge on any atom is -0.429 e. The highest BCUT2D eigenvalue weighted by Gasteiger charge is 2.45. The van der Waals surface area contributed by atoms with Crippen LogP contribution in [0, 0.1) is 5.41 Å². The quantitative estimate of drug-likeness (QED) is 0.864. The summed E-state index contributed by atoms with van der Waals surface area (Å²) in [4.78, 5) is -0.358. The molecule has 1 aromatic carbocycles. The van der Waals surface area contributed by atoms with E-state index in [1.807, 2.05) is 0 Å². The van der Waals surface area contributed by atoms with Gasteiger partial charge in [0.25, 0.3) is 15.7 Å². The predicted molar refractivity (Wildman–Crippen MR) is 64.5 cm³/mol. The predicted octanol–water partition coefficient (Wildman–Crippen LogP) is 2.15. The van der Waals surface area contributed by atoms with Crippen LogP contribution in [-0.2, 0) is 10.0 Å². The molecule has 110 valence electrons. The van der Waals surface area contributed by atoms with Crippen LogP contribution in [-0.4, -0.2) is 37.3 Å². The zero-order chi connectivity index (χ0) is 15.3. The van der Waals surface area contributed by atoms with E-state index in [1.165, 1.54) is 0 Å². The third-order valence-corrected chi connectivity index (χ3v) is 4.73. The van der Waals surface area contributed by atoms with Crippen LogP contribution in [0.5, 0.6) is 5.75 Å². The van der Waals surface area contributed by atoms with E-state index in [1.54, 1.807) is 0 Å². The summed E-state index contributed by atoms with van der Waals surface area (Å²) < 4.78 is 67.4. The van der Waals surface area contributed by atoms with Gasteiger partial charge in [-0.25, -0.2) is 12.8 Å². The number of benzene rings is 1. The van der Waals surface area contributed by atoms with Crippen molar-refractivity contribution in [3.05, 3.63) is 23.8 Å². The van der Waals surface area contributed by atoms with Crippen LogP contribution in [0.25, 0.3) is 0 Å². The van der Waals surface area contributed by atoms with Crippen LogP contribution < -0.4 is 4.74 Å². The first-order chi connectivity index (χ1) is 9.09. The van der Waals surface area contributed by atoms with Crippen LogP contribution in [0.15, 0.2) is 23.1 Å². The first-order valence-electron chi connectivity index (χ1n) is 5.15. The van der Waals surface area contributed by atoms with E-state index < -0.39 is 33.3 Å². The number of sulfonamides is 1. The molecule has 1 aliphatic heterocycles. The second-order valence-electron chi connectivity index (χ2n) is 3.91. The molecule has 1 aliphatic rings.